The molecule has 1 aliphatic rings. The molecule has 0 saturated carbocycles. The highest BCUT2D eigenvalue weighted by Crippen LogP contribution is 2.26. The topological polar surface area (TPSA) is 83.6 Å². The van der Waals surface area contributed by atoms with Crippen molar-refractivity contribution < 1.29 is 16.8 Å². The molecular weight excluding hydrogens is 320 g/mol. The van der Waals surface area contributed by atoms with E-state index in [1.165, 1.54) is 15.6 Å². The van der Waals surface area contributed by atoms with Crippen LogP contribution in [0, 0.1) is 0 Å². The summed E-state index contributed by atoms with van der Waals surface area (Å²) in [6.07, 6.45) is 0. The van der Waals surface area contributed by atoms with Crippen molar-refractivity contribution in [3.63, 3.8) is 0 Å². The molecule has 1 atom stereocenters. The Labute approximate surface area is 123 Å². The number of thiophene rings is 1. The SMILES string of the molecule is CNCc1cc(S(=O)(=O)N2CCS(=O)(=O)CC2C)cs1. The fourth-order valence-electron chi connectivity index (χ4n) is 2.24. The predicted molar refractivity (Wildman–Crippen MR) is 79.1 cm³/mol. The van der Waals surface area contributed by atoms with Crippen LogP contribution < -0.4 is 5.32 Å². The van der Waals surface area contributed by atoms with Gasteiger partial charge < -0.3 is 5.32 Å². The number of sulfonamides is 1. The summed E-state index contributed by atoms with van der Waals surface area (Å²) in [5.41, 5.74) is 0. The summed E-state index contributed by atoms with van der Waals surface area (Å²) in [6.45, 7) is 2.28. The fourth-order valence-corrected chi connectivity index (χ4v) is 6.91. The maximum Gasteiger partial charge on any atom is 0.244 e. The van der Waals surface area contributed by atoms with Crippen molar-refractivity contribution in [3.05, 3.63) is 16.3 Å². The Kier molecular flexibility index (Phi) is 4.55. The molecule has 6 nitrogen and oxygen atoms in total. The number of nitrogens with zero attached hydrogens (tertiary/aromatic N) is 1. The zero-order valence-electron chi connectivity index (χ0n) is 11.4. The Morgan fingerprint density at radius 1 is 1.50 bits per heavy atom. The minimum atomic E-state index is -3.61. The Bertz CT molecular complexity index is 678. The Morgan fingerprint density at radius 3 is 2.80 bits per heavy atom. The van der Waals surface area contributed by atoms with Crippen LogP contribution in [0.4, 0.5) is 0 Å². The third-order valence-corrected chi connectivity index (χ3v) is 8.07. The smallest absolute Gasteiger partial charge is 0.244 e. The van der Waals surface area contributed by atoms with Gasteiger partial charge in [-0.05, 0) is 20.0 Å². The highest BCUT2D eigenvalue weighted by Gasteiger charge is 2.36. The summed E-state index contributed by atoms with van der Waals surface area (Å²) in [5, 5.41) is 4.58. The minimum absolute atomic E-state index is 0.0308. The highest BCUT2D eigenvalue weighted by atomic mass is 32.2. The zero-order valence-corrected chi connectivity index (χ0v) is 13.8. The molecule has 0 aliphatic carbocycles. The second-order valence-electron chi connectivity index (χ2n) is 4.86. The summed E-state index contributed by atoms with van der Waals surface area (Å²) in [6, 6.07) is 1.12. The van der Waals surface area contributed by atoms with Gasteiger partial charge in [-0.3, -0.25) is 0 Å². The van der Waals surface area contributed by atoms with Crippen LogP contribution in [0.25, 0.3) is 0 Å². The van der Waals surface area contributed by atoms with Gasteiger partial charge in [0.15, 0.2) is 9.84 Å². The quantitative estimate of drug-likeness (QED) is 0.852. The Morgan fingerprint density at radius 2 is 2.20 bits per heavy atom. The van der Waals surface area contributed by atoms with E-state index in [4.69, 9.17) is 0 Å². The van der Waals surface area contributed by atoms with Crippen LogP contribution in [-0.4, -0.2) is 52.3 Å². The lowest BCUT2D eigenvalue weighted by Gasteiger charge is -2.31. The Balaban J connectivity index is 2.26. The average molecular weight is 338 g/mol. The van der Waals surface area contributed by atoms with Crippen LogP contribution in [-0.2, 0) is 26.4 Å². The number of rotatable bonds is 4. The van der Waals surface area contributed by atoms with E-state index < -0.39 is 25.9 Å². The van der Waals surface area contributed by atoms with Gasteiger partial charge in [0.25, 0.3) is 0 Å². The molecule has 20 heavy (non-hydrogen) atoms. The van der Waals surface area contributed by atoms with Gasteiger partial charge in [0, 0.05) is 29.4 Å². The zero-order chi connectivity index (χ0) is 15.0. The molecule has 9 heteroatoms. The van der Waals surface area contributed by atoms with Crippen molar-refractivity contribution in [2.75, 3.05) is 25.1 Å². The molecule has 0 bridgehead atoms. The number of nitrogens with one attached hydrogen (secondary N) is 1. The molecule has 1 N–H and O–H groups in total. The summed E-state index contributed by atoms with van der Waals surface area (Å²) in [5.74, 6) is -0.218. The predicted octanol–water partition coefficient (Wildman–Crippen LogP) is 0.275. The van der Waals surface area contributed by atoms with E-state index in [-0.39, 0.29) is 22.9 Å². The molecule has 0 spiro atoms. The molecule has 1 saturated heterocycles. The van der Waals surface area contributed by atoms with Crippen molar-refractivity contribution >= 4 is 31.2 Å². The summed E-state index contributed by atoms with van der Waals surface area (Å²) < 4.78 is 49.4. The molecule has 0 radical (unpaired) electrons. The van der Waals surface area contributed by atoms with Gasteiger partial charge in [-0.2, -0.15) is 4.31 Å². The van der Waals surface area contributed by atoms with E-state index in [9.17, 15) is 16.8 Å². The molecule has 0 aromatic carbocycles. The molecule has 2 rings (SSSR count). The highest BCUT2D eigenvalue weighted by molar-refractivity contribution is 7.92. The third kappa shape index (κ3) is 3.22. The van der Waals surface area contributed by atoms with E-state index in [2.05, 4.69) is 5.32 Å². The Hall–Kier alpha value is -0.480. The number of hydrogen-bond donors (Lipinski definition) is 1. The lowest BCUT2D eigenvalue weighted by atomic mass is 10.4. The van der Waals surface area contributed by atoms with Gasteiger partial charge in [0.2, 0.25) is 10.0 Å². The molecule has 114 valence electrons. The van der Waals surface area contributed by atoms with Gasteiger partial charge in [-0.15, -0.1) is 11.3 Å². The summed E-state index contributed by atoms with van der Waals surface area (Å²) >= 11 is 1.38. The largest absolute Gasteiger partial charge is 0.315 e. The van der Waals surface area contributed by atoms with Crippen molar-refractivity contribution in [1.29, 1.82) is 0 Å². The molecular formula is C11H18N2O4S3. The second kappa shape index (κ2) is 5.72. The molecule has 1 fully saturated rings. The van der Waals surface area contributed by atoms with Gasteiger partial charge in [-0.25, -0.2) is 16.8 Å². The average Bonchev–Trinajstić information content (AvgIpc) is 2.77. The van der Waals surface area contributed by atoms with Crippen LogP contribution in [0.5, 0.6) is 0 Å². The first-order valence-corrected chi connectivity index (χ1v) is 10.3. The van der Waals surface area contributed by atoms with Gasteiger partial charge in [0.1, 0.15) is 0 Å². The first-order chi connectivity index (χ1) is 9.26. The molecule has 2 heterocycles. The van der Waals surface area contributed by atoms with Crippen LogP contribution in [0.3, 0.4) is 0 Å². The molecule has 1 unspecified atom stereocenters. The maximum atomic E-state index is 12.5. The monoisotopic (exact) mass is 338 g/mol. The molecule has 1 aromatic rings. The molecule has 1 aromatic heterocycles. The van der Waals surface area contributed by atoms with Gasteiger partial charge in [0.05, 0.1) is 16.4 Å². The first-order valence-electron chi connectivity index (χ1n) is 6.20. The molecule has 0 amide bonds. The van der Waals surface area contributed by atoms with Crippen LogP contribution >= 0.6 is 11.3 Å². The lowest BCUT2D eigenvalue weighted by molar-refractivity contribution is 0.357. The van der Waals surface area contributed by atoms with Crippen molar-refractivity contribution in [3.8, 4) is 0 Å². The first kappa shape index (κ1) is 15.9. The van der Waals surface area contributed by atoms with Crippen LogP contribution in [0.2, 0.25) is 0 Å². The van der Waals surface area contributed by atoms with E-state index >= 15 is 0 Å². The van der Waals surface area contributed by atoms with E-state index in [1.54, 1.807) is 25.4 Å². The summed E-state index contributed by atoms with van der Waals surface area (Å²) in [4.78, 5) is 1.18. The minimum Gasteiger partial charge on any atom is -0.315 e. The van der Waals surface area contributed by atoms with Crippen LogP contribution in [0.15, 0.2) is 16.3 Å². The van der Waals surface area contributed by atoms with Gasteiger partial charge >= 0.3 is 0 Å². The second-order valence-corrected chi connectivity index (χ2v) is 9.97. The van der Waals surface area contributed by atoms with E-state index in [0.717, 1.165) is 4.88 Å². The third-order valence-electron chi connectivity index (χ3n) is 3.20. The number of sulfone groups is 1. The van der Waals surface area contributed by atoms with Gasteiger partial charge in [-0.1, -0.05) is 0 Å². The van der Waals surface area contributed by atoms with Crippen molar-refractivity contribution in [2.45, 2.75) is 24.4 Å². The lowest BCUT2D eigenvalue weighted by Crippen LogP contribution is -2.49. The standard InChI is InChI=1S/C11H18N2O4S3/c1-9-8-19(14,15)4-3-13(9)20(16,17)11-5-10(6-12-2)18-7-11/h5,7,9,12H,3-4,6,8H2,1-2H3. The van der Waals surface area contributed by atoms with Crippen molar-refractivity contribution in [2.24, 2.45) is 0 Å². The maximum absolute atomic E-state index is 12.5. The van der Waals surface area contributed by atoms with Crippen molar-refractivity contribution in [1.82, 2.24) is 9.62 Å². The summed E-state index contributed by atoms with van der Waals surface area (Å²) in [7, 11) is -4.93. The number of hydrogen-bond acceptors (Lipinski definition) is 6. The van der Waals surface area contributed by atoms with E-state index in [0.29, 0.717) is 6.54 Å². The molecule has 1 aliphatic heterocycles. The van der Waals surface area contributed by atoms with Crippen LogP contribution in [0.1, 0.15) is 11.8 Å². The normalized spacial score (nSPS) is 23.8. The fraction of sp³-hybridized carbons (Fsp3) is 0.636. The van der Waals surface area contributed by atoms with E-state index in [1.807, 2.05) is 0 Å².